The van der Waals surface area contributed by atoms with Crippen LogP contribution in [0.25, 0.3) is 0 Å². The number of nitrogens with zero attached hydrogens (tertiary/aromatic N) is 1. The predicted octanol–water partition coefficient (Wildman–Crippen LogP) is 4.63. The van der Waals surface area contributed by atoms with Crippen molar-refractivity contribution in [2.75, 3.05) is 5.32 Å². The van der Waals surface area contributed by atoms with Crippen molar-refractivity contribution in [2.45, 2.75) is 40.0 Å². The SMILES string of the molecule is Cc1ccc(NC(=O)c2oc3c(c2C)/C(=N/NC(=O)c2ccccc2O)CCC3)cc1C. The fourth-order valence-electron chi connectivity index (χ4n) is 3.85. The Morgan fingerprint density at radius 1 is 1.00 bits per heavy atom. The maximum Gasteiger partial charge on any atom is 0.291 e. The number of phenols is 1. The van der Waals surface area contributed by atoms with Crippen LogP contribution in [0.3, 0.4) is 0 Å². The standard InChI is InChI=1S/C25H25N3O4/c1-14-11-12-17(13-15(14)2)26-25(31)23-16(3)22-19(8-6-10-21(22)32-23)27-28-24(30)18-7-4-5-9-20(18)29/h4-5,7,9,11-13,29H,6,8,10H2,1-3H3,(H,26,31)(H,28,30)/b27-19+. The Labute approximate surface area is 186 Å². The first-order chi connectivity index (χ1) is 15.3. The van der Waals surface area contributed by atoms with E-state index in [1.165, 1.54) is 12.1 Å². The lowest BCUT2D eigenvalue weighted by atomic mass is 9.93. The van der Waals surface area contributed by atoms with Crippen molar-refractivity contribution in [3.63, 3.8) is 0 Å². The molecule has 2 amide bonds. The lowest BCUT2D eigenvalue weighted by Gasteiger charge is -2.13. The van der Waals surface area contributed by atoms with Crippen molar-refractivity contribution < 1.29 is 19.1 Å². The molecule has 3 N–H and O–H groups in total. The number of aromatic hydroxyl groups is 1. The number of phenolic OH excluding ortho intramolecular Hbond substituents is 1. The fraction of sp³-hybridized carbons (Fsp3) is 0.240. The van der Waals surface area contributed by atoms with Gasteiger partial charge in [0.25, 0.3) is 11.8 Å². The molecule has 164 valence electrons. The molecule has 0 bridgehead atoms. The van der Waals surface area contributed by atoms with Crippen LogP contribution in [0.4, 0.5) is 5.69 Å². The van der Waals surface area contributed by atoms with Gasteiger partial charge in [0.15, 0.2) is 5.76 Å². The first kappa shape index (κ1) is 21.4. The van der Waals surface area contributed by atoms with Crippen molar-refractivity contribution in [1.29, 1.82) is 0 Å². The van der Waals surface area contributed by atoms with Gasteiger partial charge in [-0.05, 0) is 69.0 Å². The molecule has 1 aliphatic carbocycles. The Bertz CT molecular complexity index is 1240. The maximum absolute atomic E-state index is 12.9. The van der Waals surface area contributed by atoms with Gasteiger partial charge < -0.3 is 14.8 Å². The van der Waals surface area contributed by atoms with Crippen LogP contribution in [-0.2, 0) is 6.42 Å². The highest BCUT2D eigenvalue weighted by Gasteiger charge is 2.28. The fourth-order valence-corrected chi connectivity index (χ4v) is 3.85. The van der Waals surface area contributed by atoms with E-state index in [0.29, 0.717) is 35.6 Å². The zero-order valence-corrected chi connectivity index (χ0v) is 18.3. The molecule has 32 heavy (non-hydrogen) atoms. The third kappa shape index (κ3) is 4.14. The molecule has 0 fully saturated rings. The van der Waals surface area contributed by atoms with Gasteiger partial charge >= 0.3 is 0 Å². The van der Waals surface area contributed by atoms with Crippen molar-refractivity contribution in [1.82, 2.24) is 5.43 Å². The number of fused-ring (bicyclic) bond motifs is 1. The number of anilines is 1. The van der Waals surface area contributed by atoms with E-state index in [4.69, 9.17) is 4.42 Å². The summed E-state index contributed by atoms with van der Waals surface area (Å²) in [6.45, 7) is 5.84. The van der Waals surface area contributed by atoms with Crippen LogP contribution in [0.2, 0.25) is 0 Å². The van der Waals surface area contributed by atoms with Crippen molar-refractivity contribution in [3.05, 3.63) is 81.8 Å². The molecular weight excluding hydrogens is 406 g/mol. The van der Waals surface area contributed by atoms with Crippen molar-refractivity contribution in [3.8, 4) is 5.75 Å². The van der Waals surface area contributed by atoms with Gasteiger partial charge in [-0.2, -0.15) is 5.10 Å². The second-order valence-corrected chi connectivity index (χ2v) is 7.98. The second-order valence-electron chi connectivity index (χ2n) is 7.98. The van der Waals surface area contributed by atoms with Crippen LogP contribution in [0.1, 0.15) is 61.8 Å². The lowest BCUT2D eigenvalue weighted by molar-refractivity contribution is 0.0950. The first-order valence-electron chi connectivity index (χ1n) is 10.5. The Balaban J connectivity index is 1.57. The van der Waals surface area contributed by atoms with Gasteiger partial charge in [-0.15, -0.1) is 0 Å². The molecule has 1 aliphatic rings. The molecular formula is C25H25N3O4. The molecule has 0 radical (unpaired) electrons. The van der Waals surface area contributed by atoms with Gasteiger partial charge in [0.05, 0.1) is 11.3 Å². The first-order valence-corrected chi connectivity index (χ1v) is 10.5. The minimum absolute atomic E-state index is 0.112. The molecule has 7 nitrogen and oxygen atoms in total. The smallest absolute Gasteiger partial charge is 0.291 e. The number of carbonyl (C=O) groups is 2. The number of benzene rings is 2. The third-order valence-electron chi connectivity index (χ3n) is 5.74. The molecule has 2 aromatic carbocycles. The van der Waals surface area contributed by atoms with E-state index in [2.05, 4.69) is 15.8 Å². The number of para-hydroxylation sites is 1. The number of rotatable bonds is 4. The van der Waals surface area contributed by atoms with E-state index >= 15 is 0 Å². The highest BCUT2D eigenvalue weighted by Crippen LogP contribution is 2.30. The van der Waals surface area contributed by atoms with E-state index in [-0.39, 0.29) is 23.0 Å². The van der Waals surface area contributed by atoms with E-state index in [1.807, 2.05) is 39.0 Å². The zero-order valence-electron chi connectivity index (χ0n) is 18.3. The van der Waals surface area contributed by atoms with E-state index < -0.39 is 5.91 Å². The minimum atomic E-state index is -0.503. The summed E-state index contributed by atoms with van der Waals surface area (Å²) in [7, 11) is 0. The topological polar surface area (TPSA) is 104 Å². The highest BCUT2D eigenvalue weighted by atomic mass is 16.4. The average molecular weight is 431 g/mol. The minimum Gasteiger partial charge on any atom is -0.507 e. The zero-order chi connectivity index (χ0) is 22.8. The largest absolute Gasteiger partial charge is 0.507 e. The number of furan rings is 1. The number of carbonyl (C=O) groups excluding carboxylic acids is 2. The second kappa shape index (κ2) is 8.70. The summed E-state index contributed by atoms with van der Waals surface area (Å²) in [4.78, 5) is 25.3. The summed E-state index contributed by atoms with van der Waals surface area (Å²) in [5.41, 5.74) is 7.71. The average Bonchev–Trinajstić information content (AvgIpc) is 3.12. The number of hydrazone groups is 1. The number of aryl methyl sites for hydroxylation is 3. The van der Waals surface area contributed by atoms with Gasteiger partial charge in [0.2, 0.25) is 0 Å². The maximum atomic E-state index is 12.9. The number of hydrogen-bond donors (Lipinski definition) is 3. The van der Waals surface area contributed by atoms with Crippen LogP contribution in [-0.4, -0.2) is 22.6 Å². The summed E-state index contributed by atoms with van der Waals surface area (Å²) in [5, 5.41) is 17.1. The van der Waals surface area contributed by atoms with E-state index in [0.717, 1.165) is 23.1 Å². The molecule has 1 aromatic heterocycles. The molecule has 1 heterocycles. The molecule has 0 saturated carbocycles. The van der Waals surface area contributed by atoms with Gasteiger partial charge in [-0.3, -0.25) is 9.59 Å². The Hall–Kier alpha value is -3.87. The number of hydrogen-bond acceptors (Lipinski definition) is 5. The molecule has 3 aromatic rings. The quantitative estimate of drug-likeness (QED) is 0.524. The summed E-state index contributed by atoms with van der Waals surface area (Å²) in [6, 6.07) is 12.0. The highest BCUT2D eigenvalue weighted by molar-refractivity contribution is 6.09. The molecule has 0 aliphatic heterocycles. The van der Waals surface area contributed by atoms with Gasteiger partial charge in [-0.25, -0.2) is 5.43 Å². The van der Waals surface area contributed by atoms with Gasteiger partial charge in [-0.1, -0.05) is 18.2 Å². The molecule has 0 atom stereocenters. The van der Waals surface area contributed by atoms with Crippen LogP contribution in [0.15, 0.2) is 52.0 Å². The van der Waals surface area contributed by atoms with Crippen molar-refractivity contribution >= 4 is 23.2 Å². The summed E-state index contributed by atoms with van der Waals surface area (Å²) >= 11 is 0. The van der Waals surface area contributed by atoms with Crippen LogP contribution < -0.4 is 10.7 Å². The number of amides is 2. The van der Waals surface area contributed by atoms with Crippen LogP contribution in [0, 0.1) is 20.8 Å². The van der Waals surface area contributed by atoms with Crippen LogP contribution >= 0.6 is 0 Å². The lowest BCUT2D eigenvalue weighted by Crippen LogP contribution is -2.22. The Morgan fingerprint density at radius 3 is 2.53 bits per heavy atom. The predicted molar refractivity (Wildman–Crippen MR) is 122 cm³/mol. The monoisotopic (exact) mass is 431 g/mol. The van der Waals surface area contributed by atoms with Gasteiger partial charge in [0.1, 0.15) is 11.5 Å². The van der Waals surface area contributed by atoms with E-state index in [1.54, 1.807) is 12.1 Å². The Morgan fingerprint density at radius 2 is 1.78 bits per heavy atom. The number of nitrogens with one attached hydrogen (secondary N) is 2. The molecule has 0 unspecified atom stereocenters. The molecule has 4 rings (SSSR count). The summed E-state index contributed by atoms with van der Waals surface area (Å²) < 4.78 is 5.92. The Kier molecular flexibility index (Phi) is 5.81. The molecule has 0 spiro atoms. The normalized spacial score (nSPS) is 14.2. The molecule has 0 saturated heterocycles. The van der Waals surface area contributed by atoms with Crippen LogP contribution in [0.5, 0.6) is 5.75 Å². The third-order valence-corrected chi connectivity index (χ3v) is 5.74. The van der Waals surface area contributed by atoms with Gasteiger partial charge in [0, 0.05) is 23.2 Å². The van der Waals surface area contributed by atoms with Crippen molar-refractivity contribution in [2.24, 2.45) is 5.10 Å². The van der Waals surface area contributed by atoms with E-state index in [9.17, 15) is 14.7 Å². The summed E-state index contributed by atoms with van der Waals surface area (Å²) in [5.74, 6) is -0.00180. The summed E-state index contributed by atoms with van der Waals surface area (Å²) in [6.07, 6.45) is 2.13. The molecule has 7 heteroatoms.